The number of ether oxygens (including phenoxy) is 3. The predicted octanol–water partition coefficient (Wildman–Crippen LogP) is 4.31. The normalized spacial score (nSPS) is 22.0. The van der Waals surface area contributed by atoms with Gasteiger partial charge in [0.15, 0.2) is 17.8 Å². The second-order valence-corrected chi connectivity index (χ2v) is 12.1. The third-order valence-electron chi connectivity index (χ3n) is 6.98. The molecule has 1 aromatic heterocycles. The van der Waals surface area contributed by atoms with Crippen LogP contribution in [0.1, 0.15) is 32.3 Å². The summed E-state index contributed by atoms with van der Waals surface area (Å²) < 4.78 is 45.8. The first-order valence-electron chi connectivity index (χ1n) is 13.3. The number of hydrogen-bond acceptors (Lipinski definition) is 8. The standard InChI is InChI=1S/C29H36N4O5S/c1-21-18-32(19-22(2)31-21)39(34,35)26-11-8-24(9-12-26)33(20-23-6-4-14-30-17-23)25-10-13-27(36-3)28(16-25)38-29-7-5-15-37-29/h4,6,8-14,16-17,21-22,29,31H,5,7,15,18-20H2,1-3H3. The van der Waals surface area contributed by atoms with Gasteiger partial charge in [0.2, 0.25) is 10.0 Å². The Bertz CT molecular complexity index is 1340. The quantitative estimate of drug-likeness (QED) is 0.420. The number of benzene rings is 2. The summed E-state index contributed by atoms with van der Waals surface area (Å²) in [6.07, 6.45) is 5.05. The Labute approximate surface area is 230 Å². The predicted molar refractivity (Wildman–Crippen MR) is 150 cm³/mol. The smallest absolute Gasteiger partial charge is 0.243 e. The fraction of sp³-hybridized carbons (Fsp3) is 0.414. The zero-order valence-electron chi connectivity index (χ0n) is 22.6. The zero-order valence-corrected chi connectivity index (χ0v) is 23.4. The largest absolute Gasteiger partial charge is 0.493 e. The van der Waals surface area contributed by atoms with E-state index >= 15 is 0 Å². The number of methoxy groups -OCH3 is 1. The van der Waals surface area contributed by atoms with Crippen molar-refractivity contribution in [1.82, 2.24) is 14.6 Å². The average molecular weight is 553 g/mol. The van der Waals surface area contributed by atoms with Crippen molar-refractivity contribution in [3.05, 3.63) is 72.6 Å². The van der Waals surface area contributed by atoms with Crippen molar-refractivity contribution in [3.63, 3.8) is 0 Å². The van der Waals surface area contributed by atoms with E-state index in [-0.39, 0.29) is 23.3 Å². The van der Waals surface area contributed by atoms with Gasteiger partial charge in [-0.15, -0.1) is 0 Å². The van der Waals surface area contributed by atoms with Gasteiger partial charge in [-0.1, -0.05) is 6.07 Å². The van der Waals surface area contributed by atoms with Crippen molar-refractivity contribution in [3.8, 4) is 11.5 Å². The van der Waals surface area contributed by atoms with Gasteiger partial charge in [-0.3, -0.25) is 4.98 Å². The first-order chi connectivity index (χ1) is 18.8. The lowest BCUT2D eigenvalue weighted by Gasteiger charge is -2.35. The molecule has 2 saturated heterocycles. The molecule has 2 fully saturated rings. The first kappa shape index (κ1) is 27.4. The van der Waals surface area contributed by atoms with E-state index in [4.69, 9.17) is 14.2 Å². The van der Waals surface area contributed by atoms with Crippen molar-refractivity contribution in [1.29, 1.82) is 0 Å². The highest BCUT2D eigenvalue weighted by Crippen LogP contribution is 2.37. The lowest BCUT2D eigenvalue weighted by molar-refractivity contribution is -0.0402. The third kappa shape index (κ3) is 6.36. The van der Waals surface area contributed by atoms with E-state index in [1.165, 1.54) is 0 Å². The molecule has 0 amide bonds. The summed E-state index contributed by atoms with van der Waals surface area (Å²) in [5.41, 5.74) is 2.72. The summed E-state index contributed by atoms with van der Waals surface area (Å²) in [6.45, 7) is 6.10. The first-order valence-corrected chi connectivity index (χ1v) is 14.8. The molecule has 0 bridgehead atoms. The number of anilines is 2. The molecular weight excluding hydrogens is 516 g/mol. The molecule has 1 N–H and O–H groups in total. The summed E-state index contributed by atoms with van der Waals surface area (Å²) in [4.78, 5) is 6.66. The number of aromatic nitrogens is 1. The molecule has 208 valence electrons. The van der Waals surface area contributed by atoms with Crippen LogP contribution in [0.4, 0.5) is 11.4 Å². The Morgan fingerprint density at radius 3 is 2.44 bits per heavy atom. The number of hydrogen-bond donors (Lipinski definition) is 1. The molecule has 5 rings (SSSR count). The van der Waals surface area contributed by atoms with Crippen LogP contribution in [0, 0.1) is 0 Å². The number of pyridine rings is 1. The van der Waals surface area contributed by atoms with Gasteiger partial charge in [0.1, 0.15) is 0 Å². The Kier molecular flexibility index (Phi) is 8.37. The summed E-state index contributed by atoms with van der Waals surface area (Å²) >= 11 is 0. The van der Waals surface area contributed by atoms with Crippen LogP contribution in [-0.4, -0.2) is 62.9 Å². The fourth-order valence-corrected chi connectivity index (χ4v) is 6.75. The Morgan fingerprint density at radius 1 is 1.05 bits per heavy atom. The van der Waals surface area contributed by atoms with Crippen LogP contribution >= 0.6 is 0 Å². The van der Waals surface area contributed by atoms with Crippen LogP contribution in [0.15, 0.2) is 71.9 Å². The van der Waals surface area contributed by atoms with Crippen molar-refractivity contribution < 1.29 is 22.6 Å². The molecule has 3 unspecified atom stereocenters. The van der Waals surface area contributed by atoms with Crippen molar-refractivity contribution in [2.24, 2.45) is 0 Å². The lowest BCUT2D eigenvalue weighted by Crippen LogP contribution is -2.55. The van der Waals surface area contributed by atoms with Crippen LogP contribution in [0.25, 0.3) is 0 Å². The van der Waals surface area contributed by atoms with E-state index < -0.39 is 10.0 Å². The molecule has 39 heavy (non-hydrogen) atoms. The van der Waals surface area contributed by atoms with E-state index in [0.29, 0.717) is 37.7 Å². The van der Waals surface area contributed by atoms with Crippen LogP contribution in [0.5, 0.6) is 11.5 Å². The number of nitrogens with zero attached hydrogens (tertiary/aromatic N) is 3. The van der Waals surface area contributed by atoms with Gasteiger partial charge in [-0.25, -0.2) is 8.42 Å². The summed E-state index contributed by atoms with van der Waals surface area (Å²) in [5.74, 6) is 1.22. The van der Waals surface area contributed by atoms with Gasteiger partial charge in [-0.2, -0.15) is 4.31 Å². The number of piperazine rings is 1. The van der Waals surface area contributed by atoms with Crippen LogP contribution < -0.4 is 19.7 Å². The monoisotopic (exact) mass is 552 g/mol. The van der Waals surface area contributed by atoms with Crippen LogP contribution in [-0.2, 0) is 21.3 Å². The van der Waals surface area contributed by atoms with E-state index in [9.17, 15) is 8.42 Å². The van der Waals surface area contributed by atoms with Gasteiger partial charge in [0.25, 0.3) is 0 Å². The molecular formula is C29H36N4O5S. The van der Waals surface area contributed by atoms with Gasteiger partial charge in [-0.05, 0) is 68.3 Å². The second kappa shape index (κ2) is 11.9. The molecule has 3 aromatic rings. The topological polar surface area (TPSA) is 93.2 Å². The van der Waals surface area contributed by atoms with Crippen molar-refractivity contribution in [2.75, 3.05) is 31.7 Å². The number of rotatable bonds is 9. The summed E-state index contributed by atoms with van der Waals surface area (Å²) in [5, 5.41) is 3.39. The van der Waals surface area contributed by atoms with Crippen molar-refractivity contribution in [2.45, 2.75) is 56.5 Å². The molecule has 9 nitrogen and oxygen atoms in total. The number of nitrogens with one attached hydrogen (secondary N) is 1. The summed E-state index contributed by atoms with van der Waals surface area (Å²) in [7, 11) is -1.99. The fourth-order valence-electron chi connectivity index (χ4n) is 5.13. The maximum Gasteiger partial charge on any atom is 0.243 e. The average Bonchev–Trinajstić information content (AvgIpc) is 3.45. The molecule has 2 aromatic carbocycles. The molecule has 0 saturated carbocycles. The maximum atomic E-state index is 13.4. The Balaban J connectivity index is 1.47. The molecule has 3 heterocycles. The molecule has 0 spiro atoms. The van der Waals surface area contributed by atoms with E-state index in [2.05, 4.69) is 15.2 Å². The molecule has 3 atom stereocenters. The van der Waals surface area contributed by atoms with Gasteiger partial charge < -0.3 is 24.4 Å². The SMILES string of the molecule is COc1ccc(N(Cc2cccnc2)c2ccc(S(=O)(=O)N3CC(C)NC(C)C3)cc2)cc1OC1CCCO1. The summed E-state index contributed by atoms with van der Waals surface area (Å²) in [6, 6.07) is 17.0. The van der Waals surface area contributed by atoms with Crippen molar-refractivity contribution >= 4 is 21.4 Å². The molecule has 0 aliphatic carbocycles. The lowest BCUT2D eigenvalue weighted by atomic mass is 10.2. The third-order valence-corrected chi connectivity index (χ3v) is 8.82. The number of sulfonamides is 1. The molecule has 2 aliphatic heterocycles. The van der Waals surface area contributed by atoms with Gasteiger partial charge >= 0.3 is 0 Å². The Morgan fingerprint density at radius 2 is 1.79 bits per heavy atom. The minimum absolute atomic E-state index is 0.0962. The van der Waals surface area contributed by atoms with E-state index in [1.54, 1.807) is 29.7 Å². The molecule has 2 aliphatic rings. The van der Waals surface area contributed by atoms with Crippen LogP contribution in [0.2, 0.25) is 0 Å². The van der Waals surface area contributed by atoms with E-state index in [0.717, 1.165) is 29.8 Å². The van der Waals surface area contributed by atoms with E-state index in [1.807, 2.05) is 62.5 Å². The minimum Gasteiger partial charge on any atom is -0.493 e. The zero-order chi connectivity index (χ0) is 27.4. The highest BCUT2D eigenvalue weighted by Gasteiger charge is 2.31. The maximum absolute atomic E-state index is 13.4. The molecule has 10 heteroatoms. The highest BCUT2D eigenvalue weighted by molar-refractivity contribution is 7.89. The second-order valence-electron chi connectivity index (χ2n) is 10.1. The molecule has 0 radical (unpaired) electrons. The van der Waals surface area contributed by atoms with Crippen LogP contribution in [0.3, 0.4) is 0 Å². The van der Waals surface area contributed by atoms with Gasteiger partial charge in [0.05, 0.1) is 18.6 Å². The highest BCUT2D eigenvalue weighted by atomic mass is 32.2. The Hall–Kier alpha value is -3.18. The minimum atomic E-state index is -3.61. The van der Waals surface area contributed by atoms with Gasteiger partial charge in [0, 0.05) is 68.0 Å².